The van der Waals surface area contributed by atoms with Crippen molar-refractivity contribution in [2.75, 3.05) is 0 Å². The molecular weight excluding hydrogens is 211 g/mol. The Morgan fingerprint density at radius 1 is 1.31 bits per heavy atom. The van der Waals surface area contributed by atoms with Gasteiger partial charge in [-0.3, -0.25) is 4.79 Å². The predicted octanol–water partition coefficient (Wildman–Crippen LogP) is 3.46. The van der Waals surface area contributed by atoms with Crippen molar-refractivity contribution >= 4 is 29.2 Å². The van der Waals surface area contributed by atoms with Gasteiger partial charge in [0.1, 0.15) is 4.84 Å². The first kappa shape index (κ1) is 13.1. The quantitative estimate of drug-likeness (QED) is 0.534. The van der Waals surface area contributed by atoms with Crippen molar-refractivity contribution in [3.8, 4) is 0 Å². The van der Waals surface area contributed by atoms with Crippen LogP contribution in [0.15, 0.2) is 0 Å². The third kappa shape index (κ3) is 6.17. The standard InChI is InChI=1S/C9H16Cl2O2/c1-2-3-4-5-6-7(8(10)11)9(12)13/h7-8H,2-6H2,1H3,(H,12,13). The van der Waals surface area contributed by atoms with Gasteiger partial charge in [0, 0.05) is 0 Å². The largest absolute Gasteiger partial charge is 0.481 e. The Morgan fingerprint density at radius 3 is 2.31 bits per heavy atom. The maximum Gasteiger partial charge on any atom is 0.309 e. The molecular formula is C9H16Cl2O2. The minimum absolute atomic E-state index is 0.576. The van der Waals surface area contributed by atoms with Crippen molar-refractivity contribution in [2.24, 2.45) is 5.92 Å². The lowest BCUT2D eigenvalue weighted by molar-refractivity contribution is -0.141. The molecule has 0 saturated heterocycles. The van der Waals surface area contributed by atoms with Gasteiger partial charge in [-0.15, -0.1) is 23.2 Å². The van der Waals surface area contributed by atoms with Gasteiger partial charge in [0.2, 0.25) is 0 Å². The fourth-order valence-electron chi connectivity index (χ4n) is 1.15. The van der Waals surface area contributed by atoms with Crippen LogP contribution in [0.5, 0.6) is 0 Å². The van der Waals surface area contributed by atoms with E-state index in [1.165, 1.54) is 0 Å². The summed E-state index contributed by atoms with van der Waals surface area (Å²) in [5.74, 6) is -1.51. The first-order chi connectivity index (χ1) is 6.09. The maximum atomic E-state index is 10.6. The molecule has 0 spiro atoms. The van der Waals surface area contributed by atoms with Crippen molar-refractivity contribution in [3.63, 3.8) is 0 Å². The molecule has 0 aromatic heterocycles. The summed E-state index contributed by atoms with van der Waals surface area (Å²) < 4.78 is 0. The van der Waals surface area contributed by atoms with Gasteiger partial charge in [0.15, 0.2) is 0 Å². The number of alkyl halides is 2. The molecule has 0 aromatic carbocycles. The Kier molecular flexibility index (Phi) is 7.48. The summed E-state index contributed by atoms with van der Waals surface area (Å²) in [7, 11) is 0. The molecule has 4 heteroatoms. The van der Waals surface area contributed by atoms with E-state index in [0.717, 1.165) is 25.7 Å². The van der Waals surface area contributed by atoms with Crippen molar-refractivity contribution in [1.29, 1.82) is 0 Å². The lowest BCUT2D eigenvalue weighted by atomic mass is 10.0. The Morgan fingerprint density at radius 2 is 1.92 bits per heavy atom. The zero-order chi connectivity index (χ0) is 10.3. The van der Waals surface area contributed by atoms with Crippen LogP contribution in [-0.4, -0.2) is 15.9 Å². The molecule has 2 nitrogen and oxygen atoms in total. The summed E-state index contributed by atoms with van der Waals surface area (Å²) in [5.41, 5.74) is 0. The summed E-state index contributed by atoms with van der Waals surface area (Å²) in [6, 6.07) is 0. The lowest BCUT2D eigenvalue weighted by Crippen LogP contribution is -2.20. The molecule has 0 heterocycles. The van der Waals surface area contributed by atoms with E-state index in [1.807, 2.05) is 0 Å². The molecule has 13 heavy (non-hydrogen) atoms. The van der Waals surface area contributed by atoms with Crippen LogP contribution in [0.1, 0.15) is 39.0 Å². The van der Waals surface area contributed by atoms with E-state index in [-0.39, 0.29) is 0 Å². The fraction of sp³-hybridized carbons (Fsp3) is 0.889. The molecule has 0 aliphatic heterocycles. The smallest absolute Gasteiger partial charge is 0.309 e. The van der Waals surface area contributed by atoms with Crippen LogP contribution in [-0.2, 0) is 4.79 Å². The van der Waals surface area contributed by atoms with Gasteiger partial charge in [0.25, 0.3) is 0 Å². The predicted molar refractivity (Wildman–Crippen MR) is 55.4 cm³/mol. The first-order valence-electron chi connectivity index (χ1n) is 4.60. The summed E-state index contributed by atoms with van der Waals surface area (Å²) in [6.07, 6.45) is 4.80. The van der Waals surface area contributed by atoms with Gasteiger partial charge in [0.05, 0.1) is 5.92 Å². The zero-order valence-corrected chi connectivity index (χ0v) is 9.31. The van der Waals surface area contributed by atoms with Crippen LogP contribution in [0.25, 0.3) is 0 Å². The fourth-order valence-corrected chi connectivity index (χ4v) is 1.62. The van der Waals surface area contributed by atoms with E-state index in [9.17, 15) is 4.79 Å². The molecule has 1 atom stereocenters. The highest BCUT2D eigenvalue weighted by atomic mass is 35.5. The SMILES string of the molecule is CCCCCCC(C(=O)O)C(Cl)Cl. The van der Waals surface area contributed by atoms with Crippen molar-refractivity contribution in [2.45, 2.75) is 43.9 Å². The Hall–Kier alpha value is 0.0500. The van der Waals surface area contributed by atoms with Gasteiger partial charge in [-0.2, -0.15) is 0 Å². The van der Waals surface area contributed by atoms with Crippen LogP contribution in [0.4, 0.5) is 0 Å². The van der Waals surface area contributed by atoms with Gasteiger partial charge < -0.3 is 5.11 Å². The molecule has 78 valence electrons. The van der Waals surface area contributed by atoms with E-state index < -0.39 is 16.7 Å². The molecule has 0 bridgehead atoms. The van der Waals surface area contributed by atoms with E-state index in [4.69, 9.17) is 28.3 Å². The monoisotopic (exact) mass is 226 g/mol. The second-order valence-electron chi connectivity index (χ2n) is 3.13. The molecule has 0 rings (SSSR count). The number of hydrogen-bond donors (Lipinski definition) is 1. The summed E-state index contributed by atoms with van der Waals surface area (Å²) in [4.78, 5) is 9.84. The number of rotatable bonds is 7. The van der Waals surface area contributed by atoms with E-state index in [0.29, 0.717) is 6.42 Å². The van der Waals surface area contributed by atoms with Crippen LogP contribution >= 0.6 is 23.2 Å². The Balaban J connectivity index is 3.64. The average molecular weight is 227 g/mol. The van der Waals surface area contributed by atoms with Gasteiger partial charge in [-0.25, -0.2) is 0 Å². The third-order valence-electron chi connectivity index (χ3n) is 1.99. The van der Waals surface area contributed by atoms with E-state index >= 15 is 0 Å². The molecule has 1 N–H and O–H groups in total. The lowest BCUT2D eigenvalue weighted by Gasteiger charge is -2.12. The van der Waals surface area contributed by atoms with Gasteiger partial charge >= 0.3 is 5.97 Å². The highest BCUT2D eigenvalue weighted by molar-refractivity contribution is 6.45. The topological polar surface area (TPSA) is 37.3 Å². The number of aliphatic carboxylic acids is 1. The number of unbranched alkanes of at least 4 members (excludes halogenated alkanes) is 3. The maximum absolute atomic E-state index is 10.6. The molecule has 0 aliphatic carbocycles. The second-order valence-corrected chi connectivity index (χ2v) is 4.29. The number of carboxylic acids is 1. The minimum atomic E-state index is -0.897. The second kappa shape index (κ2) is 7.45. The van der Waals surface area contributed by atoms with Crippen molar-refractivity contribution < 1.29 is 9.90 Å². The zero-order valence-electron chi connectivity index (χ0n) is 7.80. The van der Waals surface area contributed by atoms with Gasteiger partial charge in [-0.05, 0) is 6.42 Å². The van der Waals surface area contributed by atoms with Crippen LogP contribution in [0, 0.1) is 5.92 Å². The number of carbonyl (C=O) groups is 1. The summed E-state index contributed by atoms with van der Waals surface area (Å²) >= 11 is 11.1. The number of hydrogen-bond acceptors (Lipinski definition) is 1. The molecule has 0 aromatic rings. The van der Waals surface area contributed by atoms with Crippen LogP contribution in [0.2, 0.25) is 0 Å². The van der Waals surface area contributed by atoms with E-state index in [2.05, 4.69) is 6.92 Å². The Bertz CT molecular complexity index is 149. The van der Waals surface area contributed by atoms with Crippen LogP contribution < -0.4 is 0 Å². The Labute approximate surface area is 89.2 Å². The highest BCUT2D eigenvalue weighted by Crippen LogP contribution is 2.21. The van der Waals surface area contributed by atoms with Gasteiger partial charge in [-0.1, -0.05) is 32.6 Å². The van der Waals surface area contributed by atoms with Crippen LogP contribution in [0.3, 0.4) is 0 Å². The summed E-state index contributed by atoms with van der Waals surface area (Å²) in [6.45, 7) is 2.11. The average Bonchev–Trinajstić information content (AvgIpc) is 2.02. The molecule has 0 fully saturated rings. The van der Waals surface area contributed by atoms with Crippen molar-refractivity contribution in [1.82, 2.24) is 0 Å². The molecule has 0 radical (unpaired) electrons. The number of carboxylic acid groups (broad SMARTS) is 1. The first-order valence-corrected chi connectivity index (χ1v) is 5.47. The number of halogens is 2. The highest BCUT2D eigenvalue weighted by Gasteiger charge is 2.23. The third-order valence-corrected chi connectivity index (χ3v) is 2.60. The molecule has 0 aliphatic rings. The van der Waals surface area contributed by atoms with E-state index in [1.54, 1.807) is 0 Å². The minimum Gasteiger partial charge on any atom is -0.481 e. The normalized spacial score (nSPS) is 13.2. The molecule has 0 amide bonds. The molecule has 0 saturated carbocycles. The molecule has 1 unspecified atom stereocenters. The van der Waals surface area contributed by atoms with Crippen molar-refractivity contribution in [3.05, 3.63) is 0 Å². The summed E-state index contributed by atoms with van der Waals surface area (Å²) in [5, 5.41) is 8.73.